The Morgan fingerprint density at radius 2 is 1.85 bits per heavy atom. The topological polar surface area (TPSA) is 41.6 Å². The highest BCUT2D eigenvalue weighted by atomic mass is 16.5. The fourth-order valence-electron chi connectivity index (χ4n) is 3.64. The van der Waals surface area contributed by atoms with E-state index in [4.69, 9.17) is 4.74 Å². The number of carbonyl (C=O) groups excluding carboxylic acids is 1. The van der Waals surface area contributed by atoms with E-state index in [9.17, 15) is 4.79 Å². The first-order valence-corrected chi connectivity index (χ1v) is 7.54. The van der Waals surface area contributed by atoms with Gasteiger partial charge in [0.05, 0.1) is 18.2 Å². The number of likely N-dealkylation sites (tertiary alicyclic amines) is 1. The molecule has 1 amide bonds. The van der Waals surface area contributed by atoms with Crippen molar-refractivity contribution in [3.8, 4) is 0 Å². The van der Waals surface area contributed by atoms with Crippen molar-refractivity contribution in [2.24, 2.45) is 0 Å². The van der Waals surface area contributed by atoms with E-state index >= 15 is 0 Å². The SMILES string of the molecule is O=C([C@@H]1Cc2ccccc2CN1)N1CC2CCC(C1)O2. The molecule has 2 saturated heterocycles. The fraction of sp³-hybridized carbons (Fsp3) is 0.562. The standard InChI is InChI=1S/C16H20N2O2/c19-16(18-9-13-5-6-14(10-18)20-13)15-7-11-3-1-2-4-12(11)8-17-15/h1-4,13-15,17H,5-10H2/t13?,14?,15-/m0/s1. The van der Waals surface area contributed by atoms with Crippen LogP contribution < -0.4 is 5.32 Å². The summed E-state index contributed by atoms with van der Waals surface area (Å²) in [7, 11) is 0. The van der Waals surface area contributed by atoms with Crippen LogP contribution in [0.1, 0.15) is 24.0 Å². The third kappa shape index (κ3) is 2.13. The Bertz CT molecular complexity index is 519. The third-order valence-corrected chi connectivity index (χ3v) is 4.73. The van der Waals surface area contributed by atoms with Crippen molar-refractivity contribution in [3.63, 3.8) is 0 Å². The molecule has 20 heavy (non-hydrogen) atoms. The molecule has 106 valence electrons. The molecule has 3 heterocycles. The zero-order valence-corrected chi connectivity index (χ0v) is 11.5. The van der Waals surface area contributed by atoms with Crippen LogP contribution in [0, 0.1) is 0 Å². The smallest absolute Gasteiger partial charge is 0.240 e. The van der Waals surface area contributed by atoms with Gasteiger partial charge in [-0.3, -0.25) is 4.79 Å². The van der Waals surface area contributed by atoms with Gasteiger partial charge in [-0.25, -0.2) is 0 Å². The highest BCUT2D eigenvalue weighted by Crippen LogP contribution is 2.27. The summed E-state index contributed by atoms with van der Waals surface area (Å²) in [5.74, 6) is 0.250. The lowest BCUT2D eigenvalue weighted by atomic mass is 9.95. The van der Waals surface area contributed by atoms with Crippen LogP contribution in [0.5, 0.6) is 0 Å². The average Bonchev–Trinajstić information content (AvgIpc) is 2.84. The molecule has 1 aromatic rings. The normalized spacial score (nSPS) is 32.0. The van der Waals surface area contributed by atoms with E-state index in [0.29, 0.717) is 0 Å². The number of nitrogens with one attached hydrogen (secondary N) is 1. The van der Waals surface area contributed by atoms with Crippen molar-refractivity contribution in [3.05, 3.63) is 35.4 Å². The quantitative estimate of drug-likeness (QED) is 0.832. The van der Waals surface area contributed by atoms with E-state index in [0.717, 1.165) is 38.9 Å². The van der Waals surface area contributed by atoms with Gasteiger partial charge in [-0.15, -0.1) is 0 Å². The van der Waals surface area contributed by atoms with Gasteiger partial charge in [0.15, 0.2) is 0 Å². The largest absolute Gasteiger partial charge is 0.371 e. The first kappa shape index (κ1) is 12.4. The number of ether oxygens (including phenoxy) is 1. The van der Waals surface area contributed by atoms with Gasteiger partial charge in [0.25, 0.3) is 0 Å². The lowest BCUT2D eigenvalue weighted by Gasteiger charge is -2.36. The number of hydrogen-bond acceptors (Lipinski definition) is 3. The third-order valence-electron chi connectivity index (χ3n) is 4.73. The van der Waals surface area contributed by atoms with Crippen molar-refractivity contribution in [2.75, 3.05) is 13.1 Å². The second kappa shape index (κ2) is 4.86. The number of amides is 1. The lowest BCUT2D eigenvalue weighted by Crippen LogP contribution is -2.54. The first-order valence-electron chi connectivity index (χ1n) is 7.54. The lowest BCUT2D eigenvalue weighted by molar-refractivity contribution is -0.142. The van der Waals surface area contributed by atoms with Gasteiger partial charge < -0.3 is 15.0 Å². The molecule has 0 aliphatic carbocycles. The maximum absolute atomic E-state index is 12.7. The van der Waals surface area contributed by atoms with Crippen LogP contribution in [0.4, 0.5) is 0 Å². The summed E-state index contributed by atoms with van der Waals surface area (Å²) < 4.78 is 5.81. The molecular weight excluding hydrogens is 252 g/mol. The second-order valence-corrected chi connectivity index (χ2v) is 6.11. The van der Waals surface area contributed by atoms with Gasteiger partial charge in [-0.1, -0.05) is 24.3 Å². The van der Waals surface area contributed by atoms with Gasteiger partial charge >= 0.3 is 0 Å². The van der Waals surface area contributed by atoms with Gasteiger partial charge in [0, 0.05) is 19.6 Å². The van der Waals surface area contributed by atoms with Gasteiger partial charge in [0.2, 0.25) is 5.91 Å². The molecule has 0 aromatic heterocycles. The first-order chi connectivity index (χ1) is 9.79. The molecule has 4 heteroatoms. The molecule has 0 spiro atoms. The number of benzene rings is 1. The Morgan fingerprint density at radius 1 is 1.15 bits per heavy atom. The molecule has 3 atom stereocenters. The minimum Gasteiger partial charge on any atom is -0.371 e. The number of fused-ring (bicyclic) bond motifs is 3. The maximum Gasteiger partial charge on any atom is 0.240 e. The monoisotopic (exact) mass is 272 g/mol. The van der Waals surface area contributed by atoms with E-state index in [1.807, 2.05) is 4.90 Å². The summed E-state index contributed by atoms with van der Waals surface area (Å²) in [6.45, 7) is 2.34. The van der Waals surface area contributed by atoms with E-state index in [1.54, 1.807) is 0 Å². The Hall–Kier alpha value is -1.39. The predicted octanol–water partition coefficient (Wildman–Crippen LogP) is 1.09. The van der Waals surface area contributed by atoms with Crippen LogP contribution in [-0.2, 0) is 22.5 Å². The Morgan fingerprint density at radius 3 is 2.60 bits per heavy atom. The van der Waals surface area contributed by atoms with Gasteiger partial charge in [-0.05, 0) is 30.4 Å². The highest BCUT2D eigenvalue weighted by molar-refractivity contribution is 5.82. The van der Waals surface area contributed by atoms with E-state index in [2.05, 4.69) is 29.6 Å². The highest BCUT2D eigenvalue weighted by Gasteiger charge is 2.38. The summed E-state index contributed by atoms with van der Waals surface area (Å²) in [5.41, 5.74) is 2.62. The summed E-state index contributed by atoms with van der Waals surface area (Å²) in [6.07, 6.45) is 3.56. The summed E-state index contributed by atoms with van der Waals surface area (Å²) in [6, 6.07) is 8.32. The van der Waals surface area contributed by atoms with Crippen molar-refractivity contribution in [2.45, 2.75) is 44.1 Å². The van der Waals surface area contributed by atoms with E-state index in [-0.39, 0.29) is 24.2 Å². The summed E-state index contributed by atoms with van der Waals surface area (Å²) in [5, 5.41) is 3.39. The Balaban J connectivity index is 1.47. The summed E-state index contributed by atoms with van der Waals surface area (Å²) in [4.78, 5) is 14.7. The van der Waals surface area contributed by atoms with Crippen molar-refractivity contribution < 1.29 is 9.53 Å². The fourth-order valence-corrected chi connectivity index (χ4v) is 3.64. The summed E-state index contributed by atoms with van der Waals surface area (Å²) >= 11 is 0. The van der Waals surface area contributed by atoms with Gasteiger partial charge in [0.1, 0.15) is 0 Å². The van der Waals surface area contributed by atoms with E-state index < -0.39 is 0 Å². The number of hydrogen-bond donors (Lipinski definition) is 1. The van der Waals surface area contributed by atoms with E-state index in [1.165, 1.54) is 11.1 Å². The van der Waals surface area contributed by atoms with Crippen LogP contribution in [-0.4, -0.2) is 42.1 Å². The van der Waals surface area contributed by atoms with Crippen LogP contribution in [0.2, 0.25) is 0 Å². The van der Waals surface area contributed by atoms with Crippen molar-refractivity contribution in [1.82, 2.24) is 10.2 Å². The van der Waals surface area contributed by atoms with Crippen LogP contribution >= 0.6 is 0 Å². The molecule has 3 aliphatic heterocycles. The molecule has 3 aliphatic rings. The molecule has 0 radical (unpaired) electrons. The van der Waals surface area contributed by atoms with Crippen molar-refractivity contribution in [1.29, 1.82) is 0 Å². The molecule has 2 fully saturated rings. The molecular formula is C16H20N2O2. The zero-order valence-electron chi connectivity index (χ0n) is 11.5. The molecule has 1 aromatic carbocycles. The molecule has 4 nitrogen and oxygen atoms in total. The number of morpholine rings is 1. The molecule has 4 rings (SSSR count). The van der Waals surface area contributed by atoms with Crippen LogP contribution in [0.15, 0.2) is 24.3 Å². The molecule has 0 saturated carbocycles. The minimum absolute atomic E-state index is 0.0672. The number of nitrogens with zero attached hydrogens (tertiary/aromatic N) is 1. The average molecular weight is 272 g/mol. The maximum atomic E-state index is 12.7. The molecule has 2 unspecified atom stereocenters. The van der Waals surface area contributed by atoms with Crippen molar-refractivity contribution >= 4 is 5.91 Å². The van der Waals surface area contributed by atoms with Crippen LogP contribution in [0.3, 0.4) is 0 Å². The molecule has 2 bridgehead atoms. The predicted molar refractivity (Wildman–Crippen MR) is 75.2 cm³/mol. The number of carbonyl (C=O) groups is 1. The number of rotatable bonds is 1. The minimum atomic E-state index is -0.0672. The second-order valence-electron chi connectivity index (χ2n) is 6.11. The molecule has 1 N–H and O–H groups in total. The Kier molecular flexibility index (Phi) is 3.00. The Labute approximate surface area is 119 Å². The van der Waals surface area contributed by atoms with Gasteiger partial charge in [-0.2, -0.15) is 0 Å². The van der Waals surface area contributed by atoms with Crippen LogP contribution in [0.25, 0.3) is 0 Å². The zero-order chi connectivity index (χ0) is 13.5.